The molecule has 0 aromatic heterocycles. The Morgan fingerprint density at radius 3 is 2.17 bits per heavy atom. The minimum Gasteiger partial charge on any atom is -0.374 e. The van der Waals surface area contributed by atoms with Crippen molar-refractivity contribution in [2.75, 3.05) is 6.61 Å². The maximum Gasteiger partial charge on any atom is 0.525 e. The summed E-state index contributed by atoms with van der Waals surface area (Å²) in [5.74, 6) is -2.58. The number of hydrogen-bond acceptors (Lipinski definition) is 6. The lowest BCUT2D eigenvalue weighted by atomic mass is 9.89. The Labute approximate surface area is 202 Å². The van der Waals surface area contributed by atoms with Crippen LogP contribution in [-0.2, 0) is 19.1 Å². The van der Waals surface area contributed by atoms with E-state index in [1.54, 1.807) is 12.1 Å². The van der Waals surface area contributed by atoms with E-state index >= 15 is 0 Å². The Bertz CT molecular complexity index is 1170. The van der Waals surface area contributed by atoms with E-state index in [2.05, 4.69) is 11.2 Å². The summed E-state index contributed by atoms with van der Waals surface area (Å²) in [7, 11) is -6.22. The molecule has 0 saturated heterocycles. The third-order valence-electron chi connectivity index (χ3n) is 5.89. The van der Waals surface area contributed by atoms with Crippen LogP contribution in [-0.4, -0.2) is 37.4 Å². The maximum atomic E-state index is 12.8. The summed E-state index contributed by atoms with van der Waals surface area (Å²) in [4.78, 5) is 25.7. The highest BCUT2D eigenvalue weighted by molar-refractivity contribution is 7.87. The zero-order valence-corrected chi connectivity index (χ0v) is 20.4. The second kappa shape index (κ2) is 11.0. The normalized spacial score (nSPS) is 15.2. The van der Waals surface area contributed by atoms with Gasteiger partial charge in [0, 0.05) is 12.0 Å². The van der Waals surface area contributed by atoms with Crippen molar-refractivity contribution in [2.45, 2.75) is 70.4 Å². The van der Waals surface area contributed by atoms with Crippen molar-refractivity contribution in [1.82, 2.24) is 5.06 Å². The van der Waals surface area contributed by atoms with E-state index in [1.165, 1.54) is 31.0 Å². The molecule has 0 aliphatic carbocycles. The highest BCUT2D eigenvalue weighted by Gasteiger charge is 2.51. The molecule has 1 aliphatic rings. The van der Waals surface area contributed by atoms with Gasteiger partial charge in [-0.3, -0.25) is 9.59 Å². The molecular weight excluding hydrogens is 487 g/mol. The standard InChI is InChI=1S/C24H28F3NO6S/c1-3-5-6-7-8-9-13-20(33-4-2)16-14-15-19-21-17(16)11-10-12-18(21)22(29)28(23(19)30)34-35(31,32)24(25,26)27/h10-12,14-15,20H,3-9,13H2,1-2H3. The molecule has 1 unspecified atom stereocenters. The van der Waals surface area contributed by atoms with Gasteiger partial charge in [-0.25, -0.2) is 0 Å². The van der Waals surface area contributed by atoms with E-state index in [0.29, 0.717) is 12.0 Å². The number of alkyl halides is 3. The summed E-state index contributed by atoms with van der Waals surface area (Å²) >= 11 is 0. The van der Waals surface area contributed by atoms with Crippen LogP contribution in [0.2, 0.25) is 0 Å². The van der Waals surface area contributed by atoms with Gasteiger partial charge in [-0.1, -0.05) is 63.6 Å². The van der Waals surface area contributed by atoms with Crippen LogP contribution in [0.4, 0.5) is 13.2 Å². The van der Waals surface area contributed by atoms with Crippen LogP contribution < -0.4 is 0 Å². The molecule has 3 rings (SSSR count). The summed E-state index contributed by atoms with van der Waals surface area (Å²) in [5.41, 5.74) is -5.32. The van der Waals surface area contributed by atoms with Crippen molar-refractivity contribution >= 4 is 32.7 Å². The predicted octanol–water partition coefficient (Wildman–Crippen LogP) is 6.05. The van der Waals surface area contributed by atoms with Gasteiger partial charge in [0.2, 0.25) is 0 Å². The number of nitrogens with zero attached hydrogens (tertiary/aromatic N) is 1. The molecular formula is C24H28F3NO6S. The summed E-state index contributed by atoms with van der Waals surface area (Å²) in [6.45, 7) is 4.46. The van der Waals surface area contributed by atoms with Gasteiger partial charge < -0.3 is 4.74 Å². The lowest BCUT2D eigenvalue weighted by molar-refractivity contribution is -0.0761. The number of hydroxylamine groups is 2. The number of imide groups is 1. The minimum atomic E-state index is -6.22. The molecule has 0 bridgehead atoms. The minimum absolute atomic E-state index is 0.133. The molecule has 2 aromatic rings. The van der Waals surface area contributed by atoms with Crippen LogP contribution in [0.15, 0.2) is 30.3 Å². The second-order valence-corrected chi connectivity index (χ2v) is 9.83. The molecule has 2 aromatic carbocycles. The molecule has 1 atom stereocenters. The van der Waals surface area contributed by atoms with Crippen molar-refractivity contribution in [3.8, 4) is 0 Å². The Kier molecular flexibility index (Phi) is 8.55. The smallest absolute Gasteiger partial charge is 0.374 e. The quantitative estimate of drug-likeness (QED) is 0.194. The van der Waals surface area contributed by atoms with Crippen molar-refractivity contribution in [2.24, 2.45) is 0 Å². The SMILES string of the molecule is CCCCCCCCC(OCC)c1ccc2c3c(cccc13)C(=O)N(OS(=O)(=O)C(F)(F)F)C2=O. The molecule has 0 N–H and O–H groups in total. The largest absolute Gasteiger partial charge is 0.525 e. The average molecular weight is 516 g/mol. The molecule has 192 valence electrons. The Hall–Kier alpha value is -2.50. The zero-order chi connectivity index (χ0) is 25.8. The van der Waals surface area contributed by atoms with Crippen molar-refractivity contribution in [3.63, 3.8) is 0 Å². The lowest BCUT2D eigenvalue weighted by Gasteiger charge is -2.27. The first-order chi connectivity index (χ1) is 16.5. The molecule has 2 amide bonds. The molecule has 0 radical (unpaired) electrons. The van der Waals surface area contributed by atoms with Gasteiger partial charge in [0.1, 0.15) is 0 Å². The van der Waals surface area contributed by atoms with E-state index < -0.39 is 27.4 Å². The number of carbonyl (C=O) groups is 2. The number of amides is 2. The van der Waals surface area contributed by atoms with Crippen molar-refractivity contribution < 1.29 is 40.2 Å². The van der Waals surface area contributed by atoms with Crippen LogP contribution in [0.5, 0.6) is 0 Å². The van der Waals surface area contributed by atoms with E-state index in [1.807, 2.05) is 6.92 Å². The van der Waals surface area contributed by atoms with Crippen molar-refractivity contribution in [3.05, 3.63) is 47.0 Å². The van der Waals surface area contributed by atoms with Gasteiger partial charge in [-0.2, -0.15) is 21.6 Å². The van der Waals surface area contributed by atoms with Crippen LogP contribution in [0.1, 0.15) is 91.2 Å². The molecule has 1 aliphatic heterocycles. The number of halogens is 3. The molecule has 7 nitrogen and oxygen atoms in total. The number of unbranched alkanes of at least 4 members (excludes halogenated alkanes) is 5. The fourth-order valence-electron chi connectivity index (χ4n) is 4.23. The van der Waals surface area contributed by atoms with E-state index in [4.69, 9.17) is 4.74 Å². The highest BCUT2D eigenvalue weighted by Crippen LogP contribution is 2.38. The summed E-state index contributed by atoms with van der Waals surface area (Å²) in [5, 5.41) is 0.428. The van der Waals surface area contributed by atoms with Gasteiger partial charge in [0.05, 0.1) is 17.2 Å². The lowest BCUT2D eigenvalue weighted by Crippen LogP contribution is -2.44. The first-order valence-electron chi connectivity index (χ1n) is 11.6. The third kappa shape index (κ3) is 5.68. The van der Waals surface area contributed by atoms with Crippen LogP contribution in [0.3, 0.4) is 0 Å². The topological polar surface area (TPSA) is 90.0 Å². The number of hydrogen-bond donors (Lipinski definition) is 0. The summed E-state index contributed by atoms with van der Waals surface area (Å²) in [6, 6.07) is 7.52. The molecule has 0 saturated carbocycles. The predicted molar refractivity (Wildman–Crippen MR) is 123 cm³/mol. The molecule has 0 fully saturated rings. The number of benzene rings is 2. The van der Waals surface area contributed by atoms with Gasteiger partial charge in [-0.15, -0.1) is 9.35 Å². The van der Waals surface area contributed by atoms with Gasteiger partial charge in [0.15, 0.2) is 0 Å². The summed E-state index contributed by atoms with van der Waals surface area (Å²) < 4.78 is 71.2. The molecule has 0 spiro atoms. The van der Waals surface area contributed by atoms with E-state index in [0.717, 1.165) is 37.7 Å². The number of rotatable bonds is 12. The van der Waals surface area contributed by atoms with Crippen LogP contribution >= 0.6 is 0 Å². The average Bonchev–Trinajstić information content (AvgIpc) is 2.80. The first-order valence-corrected chi connectivity index (χ1v) is 13.0. The Morgan fingerprint density at radius 1 is 0.914 bits per heavy atom. The number of carbonyl (C=O) groups excluding carboxylic acids is 2. The van der Waals surface area contributed by atoms with Crippen LogP contribution in [0.25, 0.3) is 10.8 Å². The molecule has 11 heteroatoms. The fourth-order valence-corrected chi connectivity index (χ4v) is 4.64. The second-order valence-electron chi connectivity index (χ2n) is 8.31. The Balaban J connectivity index is 1.95. The Morgan fingerprint density at radius 2 is 1.54 bits per heavy atom. The van der Waals surface area contributed by atoms with E-state index in [9.17, 15) is 31.2 Å². The molecule has 1 heterocycles. The third-order valence-corrected chi connectivity index (χ3v) is 6.81. The number of ether oxygens (including phenoxy) is 1. The van der Waals surface area contributed by atoms with Crippen LogP contribution in [0, 0.1) is 0 Å². The van der Waals surface area contributed by atoms with Gasteiger partial charge in [-0.05, 0) is 36.4 Å². The van der Waals surface area contributed by atoms with Gasteiger partial charge >= 0.3 is 15.6 Å². The first kappa shape index (κ1) is 27.1. The monoisotopic (exact) mass is 515 g/mol. The summed E-state index contributed by atoms with van der Waals surface area (Å²) in [6.07, 6.45) is 7.02. The van der Waals surface area contributed by atoms with Crippen molar-refractivity contribution in [1.29, 1.82) is 0 Å². The molecule has 35 heavy (non-hydrogen) atoms. The van der Waals surface area contributed by atoms with Gasteiger partial charge in [0.25, 0.3) is 11.8 Å². The fraction of sp³-hybridized carbons (Fsp3) is 0.500. The van der Waals surface area contributed by atoms with E-state index in [-0.39, 0.29) is 27.7 Å². The zero-order valence-electron chi connectivity index (χ0n) is 19.6. The maximum absolute atomic E-state index is 12.8. The highest BCUT2D eigenvalue weighted by atomic mass is 32.2.